The summed E-state index contributed by atoms with van der Waals surface area (Å²) in [6.07, 6.45) is 9.20. The maximum absolute atomic E-state index is 7.38. The molecule has 92 valence electrons. The monoisotopic (exact) mass is 233 g/mol. The van der Waals surface area contributed by atoms with Gasteiger partial charge in [-0.15, -0.1) is 0 Å². The summed E-state index contributed by atoms with van der Waals surface area (Å²) in [5.74, 6) is 0.641. The second-order valence-electron chi connectivity index (χ2n) is 4.53. The second-order valence-corrected chi connectivity index (χ2v) is 4.53. The fraction of sp³-hybridized carbons (Fsp3) is 0.538. The molecule has 0 amide bonds. The topological polar surface area (TPSA) is 72.0 Å². The summed E-state index contributed by atoms with van der Waals surface area (Å²) in [5, 5.41) is 7.38. The van der Waals surface area contributed by atoms with E-state index in [1.165, 1.54) is 25.7 Å². The summed E-state index contributed by atoms with van der Waals surface area (Å²) >= 11 is 0. The van der Waals surface area contributed by atoms with Crippen LogP contribution in [0.15, 0.2) is 18.3 Å². The van der Waals surface area contributed by atoms with Gasteiger partial charge in [0.2, 0.25) is 5.88 Å². The molecule has 3 N–H and O–H groups in total. The van der Waals surface area contributed by atoms with E-state index in [9.17, 15) is 0 Å². The SMILES string of the molecule is N=C(N)c1ccnc(OC2CCCCCC2)c1. The molecule has 0 bridgehead atoms. The number of nitrogens with two attached hydrogens (primary N) is 1. The molecule has 0 radical (unpaired) electrons. The van der Waals surface area contributed by atoms with Crippen LogP contribution in [-0.4, -0.2) is 16.9 Å². The Labute approximate surface area is 102 Å². The number of hydrogen-bond donors (Lipinski definition) is 2. The van der Waals surface area contributed by atoms with Gasteiger partial charge in [-0.05, 0) is 31.7 Å². The summed E-state index contributed by atoms with van der Waals surface area (Å²) in [6.45, 7) is 0. The van der Waals surface area contributed by atoms with Crippen molar-refractivity contribution in [1.29, 1.82) is 5.41 Å². The fourth-order valence-electron chi connectivity index (χ4n) is 2.17. The number of ether oxygens (including phenoxy) is 1. The summed E-state index contributed by atoms with van der Waals surface area (Å²) in [7, 11) is 0. The zero-order chi connectivity index (χ0) is 12.1. The maximum atomic E-state index is 7.38. The quantitative estimate of drug-likeness (QED) is 0.478. The van der Waals surface area contributed by atoms with Gasteiger partial charge in [-0.1, -0.05) is 12.8 Å². The van der Waals surface area contributed by atoms with Gasteiger partial charge in [-0.2, -0.15) is 0 Å². The minimum atomic E-state index is 0.0538. The first-order chi connectivity index (χ1) is 8.25. The third kappa shape index (κ3) is 3.44. The van der Waals surface area contributed by atoms with Crippen LogP contribution in [0, 0.1) is 5.41 Å². The van der Waals surface area contributed by atoms with E-state index in [4.69, 9.17) is 15.9 Å². The molecule has 1 heterocycles. The van der Waals surface area contributed by atoms with Crippen LogP contribution in [0.2, 0.25) is 0 Å². The third-order valence-corrected chi connectivity index (χ3v) is 3.14. The minimum absolute atomic E-state index is 0.0538. The molecule has 4 heteroatoms. The predicted octanol–water partition coefficient (Wildman–Crippen LogP) is 2.47. The van der Waals surface area contributed by atoms with Crippen molar-refractivity contribution in [3.05, 3.63) is 23.9 Å². The van der Waals surface area contributed by atoms with Crippen molar-refractivity contribution in [3.63, 3.8) is 0 Å². The summed E-state index contributed by atoms with van der Waals surface area (Å²) in [5.41, 5.74) is 6.11. The Morgan fingerprint density at radius 1 is 1.29 bits per heavy atom. The highest BCUT2D eigenvalue weighted by atomic mass is 16.5. The molecule has 1 aliphatic rings. The van der Waals surface area contributed by atoms with Gasteiger partial charge in [0.05, 0.1) is 0 Å². The molecule has 1 aromatic rings. The lowest BCUT2D eigenvalue weighted by Crippen LogP contribution is -2.17. The van der Waals surface area contributed by atoms with Crippen molar-refractivity contribution in [2.75, 3.05) is 0 Å². The molecule has 4 nitrogen and oxygen atoms in total. The Morgan fingerprint density at radius 3 is 2.65 bits per heavy atom. The Kier molecular flexibility index (Phi) is 3.96. The van der Waals surface area contributed by atoms with Crippen molar-refractivity contribution in [2.45, 2.75) is 44.6 Å². The van der Waals surface area contributed by atoms with Crippen LogP contribution < -0.4 is 10.5 Å². The first kappa shape index (κ1) is 11.9. The highest BCUT2D eigenvalue weighted by molar-refractivity contribution is 5.95. The smallest absolute Gasteiger partial charge is 0.214 e. The molecule has 1 aromatic heterocycles. The number of nitrogens with one attached hydrogen (secondary N) is 1. The Morgan fingerprint density at radius 2 is 2.00 bits per heavy atom. The van der Waals surface area contributed by atoms with E-state index in [0.717, 1.165) is 12.8 Å². The summed E-state index contributed by atoms with van der Waals surface area (Å²) in [6, 6.07) is 3.47. The number of hydrogen-bond acceptors (Lipinski definition) is 3. The zero-order valence-corrected chi connectivity index (χ0v) is 9.98. The van der Waals surface area contributed by atoms with Gasteiger partial charge >= 0.3 is 0 Å². The molecule has 0 saturated heterocycles. The lowest BCUT2D eigenvalue weighted by atomic mass is 10.1. The van der Waals surface area contributed by atoms with Crippen LogP contribution in [0.3, 0.4) is 0 Å². The number of aromatic nitrogens is 1. The molecule has 17 heavy (non-hydrogen) atoms. The van der Waals surface area contributed by atoms with E-state index in [-0.39, 0.29) is 11.9 Å². The lowest BCUT2D eigenvalue weighted by molar-refractivity contribution is 0.176. The first-order valence-electron chi connectivity index (χ1n) is 6.23. The van der Waals surface area contributed by atoms with Gasteiger partial charge in [0, 0.05) is 17.8 Å². The second kappa shape index (κ2) is 5.66. The largest absolute Gasteiger partial charge is 0.474 e. The van der Waals surface area contributed by atoms with E-state index in [0.29, 0.717) is 11.4 Å². The molecule has 2 rings (SSSR count). The minimum Gasteiger partial charge on any atom is -0.474 e. The van der Waals surface area contributed by atoms with Crippen LogP contribution in [0.4, 0.5) is 0 Å². The number of nitrogen functional groups attached to an aromatic ring is 1. The van der Waals surface area contributed by atoms with Crippen LogP contribution >= 0.6 is 0 Å². The van der Waals surface area contributed by atoms with Crippen molar-refractivity contribution < 1.29 is 4.74 Å². The van der Waals surface area contributed by atoms with Crippen LogP contribution in [-0.2, 0) is 0 Å². The molecule has 0 unspecified atom stereocenters. The predicted molar refractivity (Wildman–Crippen MR) is 67.4 cm³/mol. The van der Waals surface area contributed by atoms with Gasteiger partial charge in [0.1, 0.15) is 11.9 Å². The summed E-state index contributed by atoms with van der Waals surface area (Å²) in [4.78, 5) is 4.17. The normalized spacial score (nSPS) is 17.4. The Balaban J connectivity index is 2.01. The average molecular weight is 233 g/mol. The standard InChI is InChI=1S/C13H19N3O/c14-13(15)10-7-8-16-12(9-10)17-11-5-3-1-2-4-6-11/h7-9,11H,1-6H2,(H3,14,15). The van der Waals surface area contributed by atoms with Gasteiger partial charge < -0.3 is 10.5 Å². The molecule has 0 aromatic carbocycles. The Bertz CT molecular complexity index is 384. The number of nitrogens with zero attached hydrogens (tertiary/aromatic N) is 1. The lowest BCUT2D eigenvalue weighted by Gasteiger charge is -2.16. The van der Waals surface area contributed by atoms with Crippen LogP contribution in [0.1, 0.15) is 44.1 Å². The summed E-state index contributed by atoms with van der Waals surface area (Å²) < 4.78 is 5.86. The first-order valence-corrected chi connectivity index (χ1v) is 6.23. The van der Waals surface area contributed by atoms with E-state index in [2.05, 4.69) is 4.98 Å². The van der Waals surface area contributed by atoms with E-state index in [1.54, 1.807) is 18.3 Å². The number of amidine groups is 1. The average Bonchev–Trinajstić information content (AvgIpc) is 2.58. The Hall–Kier alpha value is -1.58. The third-order valence-electron chi connectivity index (χ3n) is 3.14. The van der Waals surface area contributed by atoms with Crippen molar-refractivity contribution in [1.82, 2.24) is 4.98 Å². The molecular formula is C13H19N3O. The van der Waals surface area contributed by atoms with E-state index in [1.807, 2.05) is 0 Å². The highest BCUT2D eigenvalue weighted by Gasteiger charge is 2.14. The zero-order valence-electron chi connectivity index (χ0n) is 9.98. The number of pyridine rings is 1. The van der Waals surface area contributed by atoms with Gasteiger partial charge in [-0.25, -0.2) is 4.98 Å². The molecule has 1 saturated carbocycles. The molecule has 0 spiro atoms. The highest BCUT2D eigenvalue weighted by Crippen LogP contribution is 2.21. The van der Waals surface area contributed by atoms with Crippen molar-refractivity contribution in [2.24, 2.45) is 5.73 Å². The molecule has 1 fully saturated rings. The van der Waals surface area contributed by atoms with E-state index >= 15 is 0 Å². The maximum Gasteiger partial charge on any atom is 0.214 e. The number of rotatable bonds is 3. The van der Waals surface area contributed by atoms with Crippen LogP contribution in [0.5, 0.6) is 5.88 Å². The molecule has 1 aliphatic carbocycles. The van der Waals surface area contributed by atoms with Gasteiger partial charge in [0.25, 0.3) is 0 Å². The van der Waals surface area contributed by atoms with Crippen LogP contribution in [0.25, 0.3) is 0 Å². The molecular weight excluding hydrogens is 214 g/mol. The van der Waals surface area contributed by atoms with Gasteiger partial charge in [0.15, 0.2) is 0 Å². The molecule has 0 atom stereocenters. The fourth-order valence-corrected chi connectivity index (χ4v) is 2.17. The van der Waals surface area contributed by atoms with Crippen molar-refractivity contribution >= 4 is 5.84 Å². The van der Waals surface area contributed by atoms with Crippen molar-refractivity contribution in [3.8, 4) is 5.88 Å². The van der Waals surface area contributed by atoms with Gasteiger partial charge in [-0.3, -0.25) is 5.41 Å². The molecule has 0 aliphatic heterocycles. The van der Waals surface area contributed by atoms with E-state index < -0.39 is 0 Å².